The van der Waals surface area contributed by atoms with Crippen molar-refractivity contribution in [3.8, 4) is 22.8 Å². The first-order valence-electron chi connectivity index (χ1n) is 7.82. The molecule has 1 aliphatic rings. The van der Waals surface area contributed by atoms with Crippen molar-refractivity contribution in [3.05, 3.63) is 68.8 Å². The zero-order chi connectivity index (χ0) is 17.2. The number of hydrogen-bond acceptors (Lipinski definition) is 4. The molecule has 7 heteroatoms. The molecular formula is C19H16Br2ClNO3. The molecule has 2 heterocycles. The monoisotopic (exact) mass is 499 g/mol. The van der Waals surface area contributed by atoms with Gasteiger partial charge in [-0.1, -0.05) is 22.0 Å². The molecule has 4 rings (SSSR count). The van der Waals surface area contributed by atoms with Crippen LogP contribution in [0.15, 0.2) is 61.9 Å². The Hall–Kier alpha value is -1.47. The van der Waals surface area contributed by atoms with Crippen molar-refractivity contribution >= 4 is 44.3 Å². The molecule has 1 N–H and O–H groups in total. The Morgan fingerprint density at radius 2 is 1.73 bits per heavy atom. The fraction of sp³-hybridized carbons (Fsp3) is 0.158. The van der Waals surface area contributed by atoms with E-state index in [-0.39, 0.29) is 12.4 Å². The smallest absolute Gasteiger partial charge is 0.231 e. The van der Waals surface area contributed by atoms with Gasteiger partial charge in [-0.3, -0.25) is 0 Å². The largest absolute Gasteiger partial charge is 0.460 e. The van der Waals surface area contributed by atoms with E-state index in [4.69, 9.17) is 13.9 Å². The lowest BCUT2D eigenvalue weighted by Crippen LogP contribution is -2.11. The van der Waals surface area contributed by atoms with E-state index in [2.05, 4.69) is 37.2 Å². The average molecular weight is 502 g/mol. The highest BCUT2D eigenvalue weighted by Crippen LogP contribution is 2.33. The Labute approximate surface area is 174 Å². The van der Waals surface area contributed by atoms with Crippen molar-refractivity contribution in [2.24, 2.45) is 0 Å². The summed E-state index contributed by atoms with van der Waals surface area (Å²) in [7, 11) is 0. The molecule has 0 aliphatic carbocycles. The first-order chi connectivity index (χ1) is 12.2. The highest BCUT2D eigenvalue weighted by atomic mass is 79.9. The van der Waals surface area contributed by atoms with Crippen molar-refractivity contribution in [2.45, 2.75) is 13.1 Å². The predicted octanol–water partition coefficient (Wildman–Crippen LogP) is 5.91. The van der Waals surface area contributed by atoms with Gasteiger partial charge in [0.25, 0.3) is 0 Å². The van der Waals surface area contributed by atoms with Crippen LogP contribution in [0.5, 0.6) is 11.5 Å². The molecule has 0 bridgehead atoms. The number of benzene rings is 2. The Kier molecular flexibility index (Phi) is 6.29. The molecule has 136 valence electrons. The van der Waals surface area contributed by atoms with E-state index < -0.39 is 0 Å². The normalized spacial score (nSPS) is 12.1. The van der Waals surface area contributed by atoms with Crippen LogP contribution in [0, 0.1) is 0 Å². The molecule has 1 aromatic heterocycles. The molecule has 0 atom stereocenters. The van der Waals surface area contributed by atoms with Crippen LogP contribution in [0.25, 0.3) is 11.3 Å². The van der Waals surface area contributed by atoms with E-state index in [0.29, 0.717) is 13.3 Å². The quantitative estimate of drug-likeness (QED) is 0.472. The fourth-order valence-electron chi connectivity index (χ4n) is 2.69. The summed E-state index contributed by atoms with van der Waals surface area (Å²) >= 11 is 7.03. The Morgan fingerprint density at radius 1 is 0.885 bits per heavy atom. The van der Waals surface area contributed by atoms with Crippen LogP contribution in [0.4, 0.5) is 0 Å². The lowest BCUT2D eigenvalue weighted by atomic mass is 10.2. The minimum atomic E-state index is 0. The maximum absolute atomic E-state index is 5.95. The molecule has 0 radical (unpaired) electrons. The molecule has 4 nitrogen and oxygen atoms in total. The highest BCUT2D eigenvalue weighted by Gasteiger charge is 2.13. The van der Waals surface area contributed by atoms with Gasteiger partial charge in [0.2, 0.25) is 6.79 Å². The standard InChI is InChI=1S/C19H15Br2NO3.ClH/c20-13-2-4-15(16(21)8-13)17-6-3-14(25-17)10-22-9-12-1-5-18-19(7-12)24-11-23-18;/h1-8,22H,9-11H2;1H. The summed E-state index contributed by atoms with van der Waals surface area (Å²) in [5.41, 5.74) is 2.18. The number of ether oxygens (including phenoxy) is 2. The van der Waals surface area contributed by atoms with Gasteiger partial charge in [0.1, 0.15) is 11.5 Å². The Bertz CT molecular complexity index is 914. The van der Waals surface area contributed by atoms with Gasteiger partial charge < -0.3 is 19.2 Å². The minimum absolute atomic E-state index is 0. The SMILES string of the molecule is Brc1ccc(-c2ccc(CNCc3ccc4c(c3)OCO4)o2)c(Br)c1.Cl. The molecule has 0 amide bonds. The highest BCUT2D eigenvalue weighted by molar-refractivity contribution is 9.11. The molecule has 2 aromatic carbocycles. The van der Waals surface area contributed by atoms with Gasteiger partial charge in [-0.05, 0) is 64.0 Å². The lowest BCUT2D eigenvalue weighted by Gasteiger charge is -2.05. The van der Waals surface area contributed by atoms with Gasteiger partial charge in [-0.2, -0.15) is 0 Å². The summed E-state index contributed by atoms with van der Waals surface area (Å²) in [6.07, 6.45) is 0. The van der Waals surface area contributed by atoms with Gasteiger partial charge in [-0.15, -0.1) is 12.4 Å². The van der Waals surface area contributed by atoms with Crippen LogP contribution in [-0.2, 0) is 13.1 Å². The van der Waals surface area contributed by atoms with Crippen LogP contribution < -0.4 is 14.8 Å². The number of halogens is 3. The van der Waals surface area contributed by atoms with E-state index in [1.165, 1.54) is 0 Å². The maximum Gasteiger partial charge on any atom is 0.231 e. The Balaban J connectivity index is 0.00000196. The zero-order valence-electron chi connectivity index (χ0n) is 13.6. The molecule has 0 saturated carbocycles. The van der Waals surface area contributed by atoms with Crippen LogP contribution in [-0.4, -0.2) is 6.79 Å². The van der Waals surface area contributed by atoms with E-state index in [9.17, 15) is 0 Å². The minimum Gasteiger partial charge on any atom is -0.460 e. The second kappa shape index (κ2) is 8.48. The molecule has 0 unspecified atom stereocenters. The second-order valence-corrected chi connectivity index (χ2v) is 7.45. The topological polar surface area (TPSA) is 43.6 Å². The van der Waals surface area contributed by atoms with E-state index in [0.717, 1.165) is 49.6 Å². The summed E-state index contributed by atoms with van der Waals surface area (Å²) < 4.78 is 18.7. The number of furan rings is 1. The van der Waals surface area contributed by atoms with Crippen molar-refractivity contribution in [1.82, 2.24) is 5.32 Å². The molecule has 26 heavy (non-hydrogen) atoms. The Morgan fingerprint density at radius 3 is 2.58 bits per heavy atom. The van der Waals surface area contributed by atoms with E-state index in [1.54, 1.807) is 0 Å². The molecular weight excluding hydrogens is 485 g/mol. The fourth-order valence-corrected chi connectivity index (χ4v) is 3.93. The molecule has 1 aliphatic heterocycles. The van der Waals surface area contributed by atoms with Crippen molar-refractivity contribution in [2.75, 3.05) is 6.79 Å². The van der Waals surface area contributed by atoms with Crippen molar-refractivity contribution in [3.63, 3.8) is 0 Å². The third-order valence-electron chi connectivity index (χ3n) is 3.92. The summed E-state index contributed by atoms with van der Waals surface area (Å²) in [6, 6.07) is 16.0. The number of rotatable bonds is 5. The van der Waals surface area contributed by atoms with E-state index in [1.807, 2.05) is 48.5 Å². The van der Waals surface area contributed by atoms with Crippen LogP contribution in [0.3, 0.4) is 0 Å². The lowest BCUT2D eigenvalue weighted by molar-refractivity contribution is 0.174. The second-order valence-electron chi connectivity index (χ2n) is 5.68. The zero-order valence-corrected chi connectivity index (χ0v) is 17.6. The summed E-state index contributed by atoms with van der Waals surface area (Å²) in [6.45, 7) is 1.68. The summed E-state index contributed by atoms with van der Waals surface area (Å²) in [4.78, 5) is 0. The van der Waals surface area contributed by atoms with Crippen LogP contribution in [0.1, 0.15) is 11.3 Å². The number of fused-ring (bicyclic) bond motifs is 1. The third kappa shape index (κ3) is 4.26. The maximum atomic E-state index is 5.95. The van der Waals surface area contributed by atoms with Gasteiger partial charge in [0.15, 0.2) is 11.5 Å². The van der Waals surface area contributed by atoms with Gasteiger partial charge in [-0.25, -0.2) is 0 Å². The molecule has 3 aromatic rings. The predicted molar refractivity (Wildman–Crippen MR) is 110 cm³/mol. The molecule has 0 fully saturated rings. The van der Waals surface area contributed by atoms with Gasteiger partial charge >= 0.3 is 0 Å². The third-order valence-corrected chi connectivity index (χ3v) is 5.07. The molecule has 0 saturated heterocycles. The number of hydrogen-bond donors (Lipinski definition) is 1. The van der Waals surface area contributed by atoms with Crippen molar-refractivity contribution < 1.29 is 13.9 Å². The summed E-state index contributed by atoms with van der Waals surface area (Å²) in [5.74, 6) is 3.35. The van der Waals surface area contributed by atoms with Crippen molar-refractivity contribution in [1.29, 1.82) is 0 Å². The van der Waals surface area contributed by atoms with Crippen LogP contribution in [0.2, 0.25) is 0 Å². The average Bonchev–Trinajstić information content (AvgIpc) is 3.23. The first kappa shape index (κ1) is 19.3. The summed E-state index contributed by atoms with van der Waals surface area (Å²) in [5, 5.41) is 3.39. The first-order valence-corrected chi connectivity index (χ1v) is 9.41. The number of nitrogens with one attached hydrogen (secondary N) is 1. The van der Waals surface area contributed by atoms with E-state index >= 15 is 0 Å². The molecule has 0 spiro atoms. The van der Waals surface area contributed by atoms with Gasteiger partial charge in [0, 0.05) is 21.1 Å². The van der Waals surface area contributed by atoms with Gasteiger partial charge in [0.05, 0.1) is 6.54 Å². The van der Waals surface area contributed by atoms with Crippen LogP contribution >= 0.6 is 44.3 Å².